The van der Waals surface area contributed by atoms with E-state index in [1.807, 2.05) is 0 Å². The summed E-state index contributed by atoms with van der Waals surface area (Å²) in [5.41, 5.74) is 0.427. The van der Waals surface area contributed by atoms with Crippen molar-refractivity contribution in [3.63, 3.8) is 0 Å². The fourth-order valence-corrected chi connectivity index (χ4v) is 1.14. The first-order valence-corrected chi connectivity index (χ1v) is 4.41. The van der Waals surface area contributed by atoms with Gasteiger partial charge in [0.25, 0.3) is 0 Å². The fourth-order valence-electron chi connectivity index (χ4n) is 1.14. The normalized spacial score (nSPS) is 9.60. The van der Waals surface area contributed by atoms with Gasteiger partial charge in [-0.3, -0.25) is 14.4 Å². The molecule has 0 saturated carbocycles. The minimum atomic E-state index is -1.21. The van der Waals surface area contributed by atoms with Crippen LogP contribution in [0.2, 0.25) is 0 Å². The van der Waals surface area contributed by atoms with E-state index in [9.17, 15) is 14.4 Å². The molecule has 0 spiro atoms. The topological polar surface area (TPSA) is 71.4 Å². The molecule has 78 valence electrons. The Morgan fingerprint density at radius 1 is 1.00 bits per heavy atom. The molecular formula is C11H10O4. The minimum absolute atomic E-state index is 0.346. The molecule has 0 atom stereocenters. The van der Waals surface area contributed by atoms with Crippen molar-refractivity contribution in [2.75, 3.05) is 0 Å². The molecule has 0 aliphatic carbocycles. The highest BCUT2D eigenvalue weighted by atomic mass is 16.4. The highest BCUT2D eigenvalue weighted by Gasteiger charge is 2.13. The quantitative estimate of drug-likeness (QED) is 0.582. The number of rotatable bonds is 5. The molecule has 0 heterocycles. The Morgan fingerprint density at radius 2 is 1.60 bits per heavy atom. The molecule has 0 aliphatic rings. The lowest BCUT2D eigenvalue weighted by molar-refractivity contribution is -0.139. The van der Waals surface area contributed by atoms with Gasteiger partial charge >= 0.3 is 5.97 Å². The van der Waals surface area contributed by atoms with Crippen LogP contribution in [0.5, 0.6) is 0 Å². The zero-order valence-corrected chi connectivity index (χ0v) is 7.97. The van der Waals surface area contributed by atoms with Crippen molar-refractivity contribution in [3.05, 3.63) is 35.9 Å². The van der Waals surface area contributed by atoms with E-state index in [0.29, 0.717) is 5.56 Å². The average Bonchev–Trinajstić information content (AvgIpc) is 2.17. The van der Waals surface area contributed by atoms with Crippen molar-refractivity contribution in [3.8, 4) is 0 Å². The van der Waals surface area contributed by atoms with Crippen molar-refractivity contribution in [2.45, 2.75) is 12.8 Å². The molecular weight excluding hydrogens is 196 g/mol. The molecule has 15 heavy (non-hydrogen) atoms. The van der Waals surface area contributed by atoms with Crippen LogP contribution in [0.4, 0.5) is 0 Å². The summed E-state index contributed by atoms with van der Waals surface area (Å²) in [5.74, 6) is -2.13. The van der Waals surface area contributed by atoms with E-state index < -0.39 is 18.2 Å². The Bertz CT molecular complexity index is 381. The summed E-state index contributed by atoms with van der Waals surface area (Å²) in [6, 6.07) is 8.33. The maximum absolute atomic E-state index is 11.4. The number of aliphatic carboxylic acids is 1. The highest BCUT2D eigenvalue weighted by molar-refractivity contribution is 6.11. The van der Waals surface area contributed by atoms with E-state index >= 15 is 0 Å². The van der Waals surface area contributed by atoms with Gasteiger partial charge in [0.2, 0.25) is 0 Å². The number of carbonyl (C=O) groups is 3. The van der Waals surface area contributed by atoms with Gasteiger partial charge in [0, 0.05) is 5.56 Å². The summed E-state index contributed by atoms with van der Waals surface area (Å²) in [6.45, 7) is 0. The van der Waals surface area contributed by atoms with Crippen LogP contribution >= 0.6 is 0 Å². The monoisotopic (exact) mass is 206 g/mol. The van der Waals surface area contributed by atoms with Crippen LogP contribution in [-0.2, 0) is 9.59 Å². The molecule has 4 nitrogen and oxygen atoms in total. The zero-order chi connectivity index (χ0) is 11.3. The first kappa shape index (κ1) is 11.1. The van der Waals surface area contributed by atoms with Crippen molar-refractivity contribution in [1.82, 2.24) is 0 Å². The summed E-state index contributed by atoms with van der Waals surface area (Å²) >= 11 is 0. The maximum Gasteiger partial charge on any atom is 0.310 e. The number of Topliss-reactive ketones (excluding diaryl/α,β-unsaturated/α-hetero) is 2. The van der Waals surface area contributed by atoms with Gasteiger partial charge in [-0.2, -0.15) is 0 Å². The summed E-state index contributed by atoms with van der Waals surface area (Å²) in [6.07, 6.45) is -0.950. The van der Waals surface area contributed by atoms with Crippen LogP contribution in [-0.4, -0.2) is 22.6 Å². The van der Waals surface area contributed by atoms with E-state index in [4.69, 9.17) is 5.11 Å². The Hall–Kier alpha value is -1.97. The molecule has 0 unspecified atom stereocenters. The predicted molar refractivity (Wildman–Crippen MR) is 52.6 cm³/mol. The molecule has 0 amide bonds. The third-order valence-corrected chi connectivity index (χ3v) is 1.80. The first-order valence-electron chi connectivity index (χ1n) is 4.41. The van der Waals surface area contributed by atoms with E-state index in [-0.39, 0.29) is 12.2 Å². The molecule has 4 heteroatoms. The Labute approximate surface area is 86.5 Å². The van der Waals surface area contributed by atoms with Crippen LogP contribution in [0.3, 0.4) is 0 Å². The lowest BCUT2D eigenvalue weighted by Gasteiger charge is -1.98. The van der Waals surface area contributed by atoms with Crippen molar-refractivity contribution >= 4 is 17.5 Å². The number of ketones is 2. The standard InChI is InChI=1S/C11H10O4/c12-9(7-11(14)15)6-10(13)8-4-2-1-3-5-8/h1-5H,6-7H2,(H,14,15). The van der Waals surface area contributed by atoms with Crippen LogP contribution in [0.1, 0.15) is 23.2 Å². The van der Waals surface area contributed by atoms with Crippen LogP contribution in [0.25, 0.3) is 0 Å². The second-order valence-electron chi connectivity index (χ2n) is 3.08. The lowest BCUT2D eigenvalue weighted by atomic mass is 10.1. The number of benzene rings is 1. The van der Waals surface area contributed by atoms with Gasteiger partial charge in [-0.25, -0.2) is 0 Å². The van der Waals surface area contributed by atoms with Crippen LogP contribution < -0.4 is 0 Å². The molecule has 1 N–H and O–H groups in total. The largest absolute Gasteiger partial charge is 0.481 e. The lowest BCUT2D eigenvalue weighted by Crippen LogP contribution is -2.12. The molecule has 0 aromatic heterocycles. The molecule has 0 radical (unpaired) electrons. The zero-order valence-electron chi connectivity index (χ0n) is 7.97. The third-order valence-electron chi connectivity index (χ3n) is 1.80. The van der Waals surface area contributed by atoms with E-state index in [1.165, 1.54) is 0 Å². The fraction of sp³-hybridized carbons (Fsp3) is 0.182. The number of hydrogen-bond donors (Lipinski definition) is 1. The Kier molecular flexibility index (Phi) is 3.74. The molecule has 0 aliphatic heterocycles. The highest BCUT2D eigenvalue weighted by Crippen LogP contribution is 2.04. The van der Waals surface area contributed by atoms with Gasteiger partial charge in [-0.15, -0.1) is 0 Å². The predicted octanol–water partition coefficient (Wildman–Crippen LogP) is 1.30. The van der Waals surface area contributed by atoms with Gasteiger partial charge in [0.05, 0.1) is 6.42 Å². The Morgan fingerprint density at radius 3 is 2.13 bits per heavy atom. The summed E-state index contributed by atoms with van der Waals surface area (Å²) in [4.78, 5) is 32.7. The van der Waals surface area contributed by atoms with E-state index in [0.717, 1.165) is 0 Å². The smallest absolute Gasteiger partial charge is 0.310 e. The van der Waals surface area contributed by atoms with Crippen molar-refractivity contribution < 1.29 is 19.5 Å². The number of carboxylic acid groups (broad SMARTS) is 1. The van der Waals surface area contributed by atoms with Gasteiger partial charge < -0.3 is 5.11 Å². The molecule has 1 aromatic rings. The van der Waals surface area contributed by atoms with Gasteiger partial charge in [-0.05, 0) is 0 Å². The summed E-state index contributed by atoms with van der Waals surface area (Å²) in [5, 5.41) is 8.34. The third kappa shape index (κ3) is 3.72. The molecule has 0 saturated heterocycles. The number of carbonyl (C=O) groups excluding carboxylic acids is 2. The molecule has 1 rings (SSSR count). The van der Waals surface area contributed by atoms with Gasteiger partial charge in [0.1, 0.15) is 6.42 Å². The Balaban J connectivity index is 2.57. The first-order chi connectivity index (χ1) is 7.09. The van der Waals surface area contributed by atoms with Gasteiger partial charge in [0.15, 0.2) is 11.6 Å². The average molecular weight is 206 g/mol. The van der Waals surface area contributed by atoms with Crippen LogP contribution in [0, 0.1) is 0 Å². The van der Waals surface area contributed by atoms with Crippen LogP contribution in [0.15, 0.2) is 30.3 Å². The van der Waals surface area contributed by atoms with Crippen molar-refractivity contribution in [2.24, 2.45) is 0 Å². The SMILES string of the molecule is O=C(O)CC(=O)CC(=O)c1ccccc1. The maximum atomic E-state index is 11.4. The molecule has 0 bridgehead atoms. The number of carboxylic acids is 1. The summed E-state index contributed by atoms with van der Waals surface area (Å²) in [7, 11) is 0. The number of hydrogen-bond acceptors (Lipinski definition) is 3. The molecule has 1 aromatic carbocycles. The van der Waals surface area contributed by atoms with Gasteiger partial charge in [-0.1, -0.05) is 30.3 Å². The summed E-state index contributed by atoms with van der Waals surface area (Å²) < 4.78 is 0. The molecule has 0 fully saturated rings. The van der Waals surface area contributed by atoms with E-state index in [2.05, 4.69) is 0 Å². The van der Waals surface area contributed by atoms with E-state index in [1.54, 1.807) is 30.3 Å². The minimum Gasteiger partial charge on any atom is -0.481 e. The second-order valence-corrected chi connectivity index (χ2v) is 3.08. The second kappa shape index (κ2) is 5.05. The van der Waals surface area contributed by atoms with Crippen molar-refractivity contribution in [1.29, 1.82) is 0 Å².